The van der Waals surface area contributed by atoms with E-state index in [0.717, 1.165) is 69.9 Å². The van der Waals surface area contributed by atoms with Crippen LogP contribution in [0.5, 0.6) is 5.75 Å². The fourth-order valence-electron chi connectivity index (χ4n) is 6.74. The van der Waals surface area contributed by atoms with Crippen molar-refractivity contribution in [3.63, 3.8) is 0 Å². The number of benzene rings is 2. The Bertz CT molecular complexity index is 1580. The maximum Gasteiger partial charge on any atom is 0.247 e. The molecule has 3 fully saturated rings. The van der Waals surface area contributed by atoms with Gasteiger partial charge in [0.2, 0.25) is 5.91 Å². The number of halogens is 2. The number of hydrogen-bond donors (Lipinski definition) is 2. The summed E-state index contributed by atoms with van der Waals surface area (Å²) in [5.74, 6) is 0.908. The average molecular weight is 665 g/mol. The van der Waals surface area contributed by atoms with Crippen LogP contribution in [0.15, 0.2) is 55.4 Å². The predicted octanol–water partition coefficient (Wildman–Crippen LogP) is 5.64. The van der Waals surface area contributed by atoms with Crippen molar-refractivity contribution >= 4 is 46.2 Å². The summed E-state index contributed by atoms with van der Waals surface area (Å²) < 4.78 is 19.7. The van der Waals surface area contributed by atoms with Crippen molar-refractivity contribution in [1.82, 2.24) is 19.8 Å². The summed E-state index contributed by atoms with van der Waals surface area (Å²) in [6.07, 6.45) is 5.48. The van der Waals surface area contributed by atoms with Gasteiger partial charge in [0.05, 0.1) is 30.5 Å². The second kappa shape index (κ2) is 14.8. The van der Waals surface area contributed by atoms with E-state index in [1.165, 1.54) is 18.5 Å². The maximum absolute atomic E-state index is 13.8. The molecular weight excluding hydrogens is 623 g/mol. The van der Waals surface area contributed by atoms with Crippen LogP contribution in [0.4, 0.5) is 33.1 Å². The molecule has 0 radical (unpaired) electrons. The summed E-state index contributed by atoms with van der Waals surface area (Å²) in [7, 11) is 1.64. The predicted molar refractivity (Wildman–Crippen MR) is 183 cm³/mol. The highest BCUT2D eigenvalue weighted by Gasteiger charge is 2.31. The Morgan fingerprint density at radius 2 is 1.89 bits per heavy atom. The molecule has 2 N–H and O–H groups in total. The third kappa shape index (κ3) is 7.46. The molecule has 0 unspecified atom stereocenters. The Morgan fingerprint density at radius 1 is 1.11 bits per heavy atom. The van der Waals surface area contributed by atoms with E-state index >= 15 is 0 Å². The molecular formula is C34H42ClFN8O3. The first kappa shape index (κ1) is 33.0. The van der Waals surface area contributed by atoms with Gasteiger partial charge in [-0.25, -0.2) is 19.4 Å². The average Bonchev–Trinajstić information content (AvgIpc) is 3.60. The number of piperidine rings is 1. The highest BCUT2D eigenvalue weighted by atomic mass is 35.5. The minimum Gasteiger partial charge on any atom is -0.494 e. The number of nitrogens with zero attached hydrogens (tertiary/aromatic N) is 6. The number of hydrogen-bond acceptors (Lipinski definition) is 10. The monoisotopic (exact) mass is 664 g/mol. The fraction of sp³-hybridized carbons (Fsp3) is 0.441. The number of ether oxygens (including phenoxy) is 1. The molecule has 1 aromatic heterocycles. The molecule has 11 nitrogen and oxygen atoms in total. The quantitative estimate of drug-likeness (QED) is 0.265. The first-order valence-electron chi connectivity index (χ1n) is 16.2. The molecule has 0 saturated carbocycles. The summed E-state index contributed by atoms with van der Waals surface area (Å²) in [6.45, 7) is 13.6. The molecule has 2 aromatic carbocycles. The largest absolute Gasteiger partial charge is 0.494 e. The number of amides is 1. The molecule has 13 heteroatoms. The van der Waals surface area contributed by atoms with Crippen LogP contribution in [0.2, 0.25) is 5.02 Å². The third-order valence-electron chi connectivity index (χ3n) is 9.27. The number of methoxy groups -OCH3 is 1. The van der Waals surface area contributed by atoms with E-state index in [4.69, 9.17) is 21.2 Å². The summed E-state index contributed by atoms with van der Waals surface area (Å²) in [4.78, 5) is 34.8. The van der Waals surface area contributed by atoms with E-state index in [1.54, 1.807) is 30.4 Å². The van der Waals surface area contributed by atoms with Gasteiger partial charge in [-0.05, 0) is 49.2 Å². The van der Waals surface area contributed by atoms with Crippen LogP contribution in [0, 0.1) is 5.82 Å². The first-order valence-corrected chi connectivity index (χ1v) is 16.6. The molecule has 0 aliphatic carbocycles. The number of piperazine rings is 1. The van der Waals surface area contributed by atoms with Crippen molar-refractivity contribution in [3.05, 3.63) is 71.8 Å². The smallest absolute Gasteiger partial charge is 0.247 e. The van der Waals surface area contributed by atoms with E-state index in [1.807, 2.05) is 12.1 Å². The van der Waals surface area contributed by atoms with Gasteiger partial charge in [-0.1, -0.05) is 31.2 Å². The van der Waals surface area contributed by atoms with Crippen LogP contribution >= 0.6 is 11.6 Å². The third-order valence-corrected chi connectivity index (χ3v) is 9.56. The zero-order chi connectivity index (χ0) is 32.9. The molecule has 3 aliphatic heterocycles. The van der Waals surface area contributed by atoms with Gasteiger partial charge in [0.15, 0.2) is 5.82 Å². The van der Waals surface area contributed by atoms with Gasteiger partial charge in [-0.3, -0.25) is 14.5 Å². The molecule has 47 heavy (non-hydrogen) atoms. The minimum atomic E-state index is -0.468. The molecule has 1 atom stereocenters. The van der Waals surface area contributed by atoms with Crippen LogP contribution in [-0.2, 0) is 9.63 Å². The van der Waals surface area contributed by atoms with Crippen molar-refractivity contribution < 1.29 is 18.8 Å². The lowest BCUT2D eigenvalue weighted by molar-refractivity contribution is -0.111. The normalized spacial score (nSPS) is 19.5. The Morgan fingerprint density at radius 3 is 2.60 bits per heavy atom. The van der Waals surface area contributed by atoms with Gasteiger partial charge in [0, 0.05) is 69.6 Å². The van der Waals surface area contributed by atoms with Gasteiger partial charge in [0.1, 0.15) is 29.4 Å². The Kier molecular flexibility index (Phi) is 10.4. The molecule has 250 valence electrons. The van der Waals surface area contributed by atoms with Crippen LogP contribution in [-0.4, -0.2) is 91.2 Å². The van der Waals surface area contributed by atoms with Gasteiger partial charge in [-0.2, -0.15) is 0 Å². The second-order valence-corrected chi connectivity index (χ2v) is 12.4. The molecule has 3 aromatic rings. The van der Waals surface area contributed by atoms with Gasteiger partial charge in [0.25, 0.3) is 0 Å². The highest BCUT2D eigenvalue weighted by Crippen LogP contribution is 2.42. The molecule has 4 heterocycles. The zero-order valence-electron chi connectivity index (χ0n) is 26.9. The maximum atomic E-state index is 13.8. The number of nitrogens with one attached hydrogen (secondary N) is 2. The van der Waals surface area contributed by atoms with E-state index < -0.39 is 5.82 Å². The highest BCUT2D eigenvalue weighted by molar-refractivity contribution is 6.30. The number of aromatic nitrogens is 2. The van der Waals surface area contributed by atoms with Crippen molar-refractivity contribution in [3.8, 4) is 5.75 Å². The van der Waals surface area contributed by atoms with E-state index in [9.17, 15) is 9.18 Å². The van der Waals surface area contributed by atoms with Crippen LogP contribution in [0.3, 0.4) is 0 Å². The first-order chi connectivity index (χ1) is 22.9. The van der Waals surface area contributed by atoms with Gasteiger partial charge >= 0.3 is 0 Å². The van der Waals surface area contributed by atoms with E-state index in [0.29, 0.717) is 47.8 Å². The topological polar surface area (TPSA) is 98.3 Å². The minimum absolute atomic E-state index is 0.0611. The van der Waals surface area contributed by atoms with E-state index in [2.05, 4.69) is 48.8 Å². The molecule has 3 aliphatic rings. The number of rotatable bonds is 10. The van der Waals surface area contributed by atoms with Crippen molar-refractivity contribution in [2.24, 2.45) is 0 Å². The Hall–Kier alpha value is -3.97. The van der Waals surface area contributed by atoms with Gasteiger partial charge < -0.3 is 25.2 Å². The van der Waals surface area contributed by atoms with Gasteiger partial charge in [-0.15, -0.1) is 0 Å². The standard InChI is InChI=1S/C34H42ClFN8O3/c1-4-33(45)40-28-19-24(20-30(46-3)34(28)43-11-8-25(9-12-43)42-15-13-41(5-2)14-16-42)39-31-21-32(38-22-37-31)44-29(10-17-47-44)23-6-7-27(36)26(35)18-23/h4,6-7,18-22,25,29H,1,5,8-17H2,2-3H3,(H,40,45)(H,37,38,39)/t29-/m1/s1. The summed E-state index contributed by atoms with van der Waals surface area (Å²) in [5.41, 5.74) is 2.96. The van der Waals surface area contributed by atoms with Crippen LogP contribution < -0.4 is 25.3 Å². The number of anilines is 5. The van der Waals surface area contributed by atoms with Crippen molar-refractivity contribution in [2.45, 2.75) is 38.3 Å². The summed E-state index contributed by atoms with van der Waals surface area (Å²) >= 11 is 6.07. The number of hydroxylamine groups is 1. The fourth-order valence-corrected chi connectivity index (χ4v) is 6.93. The molecule has 3 saturated heterocycles. The summed E-state index contributed by atoms with van der Waals surface area (Å²) in [5, 5.41) is 8.10. The lowest BCUT2D eigenvalue weighted by Crippen LogP contribution is -2.53. The van der Waals surface area contributed by atoms with Crippen LogP contribution in [0.1, 0.15) is 37.8 Å². The molecule has 1 amide bonds. The molecule has 6 rings (SSSR count). The Labute approximate surface area is 280 Å². The van der Waals surface area contributed by atoms with Crippen molar-refractivity contribution in [2.75, 3.05) is 80.1 Å². The van der Waals surface area contributed by atoms with Crippen LogP contribution in [0.25, 0.3) is 0 Å². The summed E-state index contributed by atoms with van der Waals surface area (Å²) in [6, 6.07) is 10.6. The van der Waals surface area contributed by atoms with E-state index in [-0.39, 0.29) is 17.0 Å². The molecule has 0 bridgehead atoms. The lowest BCUT2D eigenvalue weighted by atomic mass is 10.0. The Balaban J connectivity index is 1.21. The number of carbonyl (C=O) groups excluding carboxylic acids is 1. The number of likely N-dealkylation sites (N-methyl/N-ethyl adjacent to an activating group) is 1. The number of carbonyl (C=O) groups is 1. The lowest BCUT2D eigenvalue weighted by Gasteiger charge is -2.43. The SMILES string of the molecule is C=CC(=O)Nc1cc(Nc2cc(N3OCC[C@@H]3c3ccc(F)c(Cl)c3)ncn2)cc(OC)c1N1CCC(N2CCN(CC)CC2)CC1. The second-order valence-electron chi connectivity index (χ2n) is 12.0. The molecule has 0 spiro atoms. The zero-order valence-corrected chi connectivity index (χ0v) is 27.7. The van der Waals surface area contributed by atoms with Crippen molar-refractivity contribution in [1.29, 1.82) is 0 Å².